The van der Waals surface area contributed by atoms with Crippen molar-refractivity contribution in [1.29, 1.82) is 5.26 Å². The second-order valence-electron chi connectivity index (χ2n) is 5.38. The minimum atomic E-state index is -0.320. The first-order valence-electron chi connectivity index (χ1n) is 7.33. The van der Waals surface area contributed by atoms with Gasteiger partial charge in [-0.3, -0.25) is 0 Å². The highest BCUT2D eigenvalue weighted by atomic mass is 16.3. The lowest BCUT2D eigenvalue weighted by atomic mass is 10.0. The Hall–Kier alpha value is -1.67. The molecule has 1 aromatic heterocycles. The highest BCUT2D eigenvalue weighted by molar-refractivity contribution is 5.58. The van der Waals surface area contributed by atoms with E-state index >= 15 is 0 Å². The molecule has 1 saturated heterocycles. The summed E-state index contributed by atoms with van der Waals surface area (Å²) in [5.74, 6) is 0.934. The molecule has 2 heterocycles. The number of nitriles is 1. The summed E-state index contributed by atoms with van der Waals surface area (Å²) < 4.78 is 0. The highest BCUT2D eigenvalue weighted by Crippen LogP contribution is 2.29. The zero-order chi connectivity index (χ0) is 14.7. The zero-order valence-corrected chi connectivity index (χ0v) is 12.4. The topological polar surface area (TPSA) is 73.0 Å². The van der Waals surface area contributed by atoms with Gasteiger partial charge in [0.25, 0.3) is 0 Å². The van der Waals surface area contributed by atoms with Crippen LogP contribution in [-0.4, -0.2) is 34.5 Å². The molecule has 0 amide bonds. The fraction of sp³-hybridized carbons (Fsp3) is 0.667. The van der Waals surface area contributed by atoms with Gasteiger partial charge in [-0.1, -0.05) is 13.8 Å². The maximum atomic E-state index is 9.70. The Bertz CT molecular complexity index is 521. The van der Waals surface area contributed by atoms with Gasteiger partial charge in [0.05, 0.1) is 11.8 Å². The third-order valence-electron chi connectivity index (χ3n) is 4.15. The first-order valence-corrected chi connectivity index (χ1v) is 7.33. The molecule has 108 valence electrons. The largest absolute Gasteiger partial charge is 0.393 e. The molecule has 1 aromatic rings. The lowest BCUT2D eigenvalue weighted by Crippen LogP contribution is -2.26. The van der Waals surface area contributed by atoms with E-state index in [1.807, 2.05) is 20.8 Å². The molecular weight excluding hydrogens is 252 g/mol. The summed E-state index contributed by atoms with van der Waals surface area (Å²) in [6.07, 6.45) is 2.20. The van der Waals surface area contributed by atoms with Crippen LogP contribution in [0.15, 0.2) is 0 Å². The SMILES string of the molecule is CCc1nnc(N2CCC(C(C)O)C2)c(C#N)c1CC. The Balaban J connectivity index is 2.36. The van der Waals surface area contributed by atoms with Crippen LogP contribution in [0.3, 0.4) is 0 Å². The van der Waals surface area contributed by atoms with Crippen LogP contribution in [0.25, 0.3) is 0 Å². The lowest BCUT2D eigenvalue weighted by molar-refractivity contribution is 0.136. The van der Waals surface area contributed by atoms with Crippen LogP contribution in [0.5, 0.6) is 0 Å². The molecule has 0 aromatic carbocycles. The summed E-state index contributed by atoms with van der Waals surface area (Å²) >= 11 is 0. The molecule has 20 heavy (non-hydrogen) atoms. The number of rotatable bonds is 4. The molecule has 5 heteroatoms. The first-order chi connectivity index (χ1) is 9.62. The molecule has 0 bridgehead atoms. The molecule has 0 saturated carbocycles. The number of aliphatic hydroxyl groups is 1. The predicted molar refractivity (Wildman–Crippen MR) is 77.5 cm³/mol. The van der Waals surface area contributed by atoms with Crippen molar-refractivity contribution >= 4 is 5.82 Å². The Kier molecular flexibility index (Phi) is 4.56. The molecule has 2 rings (SSSR count). The van der Waals surface area contributed by atoms with E-state index in [1.165, 1.54) is 0 Å². The summed E-state index contributed by atoms with van der Waals surface area (Å²) in [7, 11) is 0. The molecule has 0 spiro atoms. The average molecular weight is 274 g/mol. The molecule has 1 fully saturated rings. The van der Waals surface area contributed by atoms with Gasteiger partial charge < -0.3 is 10.0 Å². The Morgan fingerprint density at radius 2 is 2.15 bits per heavy atom. The number of aromatic nitrogens is 2. The zero-order valence-electron chi connectivity index (χ0n) is 12.4. The molecule has 2 atom stereocenters. The molecular formula is C15H22N4O. The van der Waals surface area contributed by atoms with Crippen molar-refractivity contribution in [3.8, 4) is 6.07 Å². The Labute approximate surface area is 120 Å². The van der Waals surface area contributed by atoms with Crippen LogP contribution in [0.4, 0.5) is 5.82 Å². The van der Waals surface area contributed by atoms with Crippen LogP contribution in [0.2, 0.25) is 0 Å². The van der Waals surface area contributed by atoms with Gasteiger partial charge in [0.15, 0.2) is 5.82 Å². The third-order valence-corrected chi connectivity index (χ3v) is 4.15. The van der Waals surface area contributed by atoms with Crippen LogP contribution >= 0.6 is 0 Å². The fourth-order valence-electron chi connectivity index (χ4n) is 2.87. The first kappa shape index (κ1) is 14.7. The number of hydrogen-bond donors (Lipinski definition) is 1. The second-order valence-corrected chi connectivity index (χ2v) is 5.38. The average Bonchev–Trinajstić information content (AvgIpc) is 2.95. The smallest absolute Gasteiger partial charge is 0.169 e. The van der Waals surface area contributed by atoms with Crippen molar-refractivity contribution in [3.63, 3.8) is 0 Å². The van der Waals surface area contributed by atoms with E-state index in [4.69, 9.17) is 0 Å². The van der Waals surface area contributed by atoms with Gasteiger partial charge in [0, 0.05) is 19.0 Å². The number of aliphatic hydroxyl groups excluding tert-OH is 1. The van der Waals surface area contributed by atoms with Crippen molar-refractivity contribution in [2.75, 3.05) is 18.0 Å². The maximum absolute atomic E-state index is 9.70. The highest BCUT2D eigenvalue weighted by Gasteiger charge is 2.29. The van der Waals surface area contributed by atoms with Gasteiger partial charge in [-0.15, -0.1) is 5.10 Å². The summed E-state index contributed by atoms with van der Waals surface area (Å²) in [6.45, 7) is 7.47. The molecule has 1 N–H and O–H groups in total. The van der Waals surface area contributed by atoms with Gasteiger partial charge in [0.1, 0.15) is 11.6 Å². The van der Waals surface area contributed by atoms with Crippen LogP contribution in [0.1, 0.15) is 44.0 Å². The number of nitrogens with zero attached hydrogens (tertiary/aromatic N) is 4. The molecule has 2 unspecified atom stereocenters. The van der Waals surface area contributed by atoms with E-state index in [1.54, 1.807) is 0 Å². The standard InChI is InChI=1S/C15H22N4O/c1-4-12-13(8-16)15(18-17-14(12)5-2)19-7-6-11(9-19)10(3)20/h10-11,20H,4-7,9H2,1-3H3. The minimum Gasteiger partial charge on any atom is -0.393 e. The number of aryl methyl sites for hydroxylation is 1. The van der Waals surface area contributed by atoms with Crippen molar-refractivity contribution < 1.29 is 5.11 Å². The van der Waals surface area contributed by atoms with E-state index < -0.39 is 0 Å². The number of hydrogen-bond acceptors (Lipinski definition) is 5. The third kappa shape index (κ3) is 2.61. The van der Waals surface area contributed by atoms with Crippen LogP contribution in [-0.2, 0) is 12.8 Å². The maximum Gasteiger partial charge on any atom is 0.169 e. The van der Waals surface area contributed by atoms with Gasteiger partial charge in [-0.05, 0) is 31.7 Å². The van der Waals surface area contributed by atoms with Crippen molar-refractivity contribution in [3.05, 3.63) is 16.8 Å². The van der Waals surface area contributed by atoms with E-state index in [0.29, 0.717) is 11.4 Å². The molecule has 0 aliphatic carbocycles. The Morgan fingerprint density at radius 3 is 2.65 bits per heavy atom. The van der Waals surface area contributed by atoms with Crippen molar-refractivity contribution in [2.45, 2.75) is 46.1 Å². The lowest BCUT2D eigenvalue weighted by Gasteiger charge is -2.21. The normalized spacial score (nSPS) is 19.9. The van der Waals surface area contributed by atoms with Crippen molar-refractivity contribution in [1.82, 2.24) is 10.2 Å². The van der Waals surface area contributed by atoms with Crippen molar-refractivity contribution in [2.24, 2.45) is 5.92 Å². The number of anilines is 1. The summed E-state index contributed by atoms with van der Waals surface area (Å²) in [6, 6.07) is 2.30. The minimum absolute atomic E-state index is 0.249. The second kappa shape index (κ2) is 6.19. The van der Waals surface area contributed by atoms with E-state index in [2.05, 4.69) is 21.2 Å². The van der Waals surface area contributed by atoms with Gasteiger partial charge in [0.2, 0.25) is 0 Å². The van der Waals surface area contributed by atoms with Gasteiger partial charge in [-0.25, -0.2) is 0 Å². The predicted octanol–water partition coefficient (Wildman–Crippen LogP) is 1.68. The van der Waals surface area contributed by atoms with Crippen LogP contribution in [0, 0.1) is 17.2 Å². The summed E-state index contributed by atoms with van der Waals surface area (Å²) in [4.78, 5) is 2.08. The quantitative estimate of drug-likeness (QED) is 0.904. The Morgan fingerprint density at radius 1 is 1.40 bits per heavy atom. The van der Waals surface area contributed by atoms with E-state index in [-0.39, 0.29) is 12.0 Å². The molecule has 1 aliphatic rings. The van der Waals surface area contributed by atoms with Crippen LogP contribution < -0.4 is 4.90 Å². The molecule has 0 radical (unpaired) electrons. The summed E-state index contributed by atoms with van der Waals surface area (Å²) in [5, 5.41) is 27.8. The van der Waals surface area contributed by atoms with E-state index in [0.717, 1.165) is 43.6 Å². The molecule has 1 aliphatic heterocycles. The monoisotopic (exact) mass is 274 g/mol. The van der Waals surface area contributed by atoms with E-state index in [9.17, 15) is 10.4 Å². The van der Waals surface area contributed by atoms with Gasteiger partial charge in [-0.2, -0.15) is 10.4 Å². The fourth-order valence-corrected chi connectivity index (χ4v) is 2.87. The summed E-state index contributed by atoms with van der Waals surface area (Å²) in [5.41, 5.74) is 2.59. The van der Waals surface area contributed by atoms with Gasteiger partial charge >= 0.3 is 0 Å². The molecule has 5 nitrogen and oxygen atoms in total.